The molecule has 2 rings (SSSR count). The second-order valence-electron chi connectivity index (χ2n) is 6.53. The van der Waals surface area contributed by atoms with Gasteiger partial charge in [-0.15, -0.1) is 10.1 Å². The van der Waals surface area contributed by atoms with Crippen molar-refractivity contribution in [2.75, 3.05) is 13.4 Å². The lowest BCUT2D eigenvalue weighted by Crippen LogP contribution is -2.41. The predicted octanol–water partition coefficient (Wildman–Crippen LogP) is 5.08. The molecule has 192 valence electrons. The van der Waals surface area contributed by atoms with Crippen molar-refractivity contribution >= 4 is 28.2 Å². The topological polar surface area (TPSA) is 114 Å². The fourth-order valence-corrected chi connectivity index (χ4v) is 3.16. The van der Waals surface area contributed by atoms with E-state index in [0.717, 1.165) is 0 Å². The number of benzene rings is 1. The SMILES string of the molecule is O=C(CCCO[N+](=O)[O-])OCOC(=O)C1=Cc2cc(S(F)(F)(F)(F)F)ccc2O[C@@H]1C(F)(F)F. The third-order valence-electron chi connectivity index (χ3n) is 3.93. The Kier molecular flexibility index (Phi) is 6.72. The summed E-state index contributed by atoms with van der Waals surface area (Å²) in [5, 5.41) is 8.82. The smallest absolute Gasteiger partial charge is 0.430 e. The number of hydrogen-bond donors (Lipinski definition) is 0. The van der Waals surface area contributed by atoms with Crippen LogP contribution in [-0.2, 0) is 23.9 Å². The highest BCUT2D eigenvalue weighted by Gasteiger charge is 2.65. The van der Waals surface area contributed by atoms with Crippen molar-refractivity contribution in [1.82, 2.24) is 0 Å². The first-order valence-corrected chi connectivity index (χ1v) is 10.7. The van der Waals surface area contributed by atoms with E-state index in [0.29, 0.717) is 0 Å². The number of esters is 2. The van der Waals surface area contributed by atoms with Crippen LogP contribution in [0.15, 0.2) is 28.7 Å². The summed E-state index contributed by atoms with van der Waals surface area (Å²) in [6.07, 6.45) is -8.69. The summed E-state index contributed by atoms with van der Waals surface area (Å²) >= 11 is 0. The Hall–Kier alpha value is -3.31. The molecule has 18 heteroatoms. The van der Waals surface area contributed by atoms with Gasteiger partial charge in [0.1, 0.15) is 10.6 Å². The molecule has 0 bridgehead atoms. The van der Waals surface area contributed by atoms with Crippen LogP contribution in [0.5, 0.6) is 5.75 Å². The number of carbonyl (C=O) groups excluding carboxylic acids is 2. The molecule has 0 spiro atoms. The molecular formula is C16H13F8NO8S. The number of hydrogen-bond acceptors (Lipinski definition) is 8. The highest BCUT2D eigenvalue weighted by Crippen LogP contribution is 3.02. The van der Waals surface area contributed by atoms with E-state index in [4.69, 9.17) is 0 Å². The van der Waals surface area contributed by atoms with Crippen LogP contribution in [0, 0.1) is 10.1 Å². The summed E-state index contributed by atoms with van der Waals surface area (Å²) in [6.45, 7) is -1.70. The first kappa shape index (κ1) is 26.9. The van der Waals surface area contributed by atoms with Gasteiger partial charge in [-0.25, -0.2) is 4.79 Å². The molecule has 0 fully saturated rings. The minimum atomic E-state index is -10.2. The summed E-state index contributed by atoms with van der Waals surface area (Å²) in [7, 11) is -10.2. The molecule has 0 N–H and O–H groups in total. The maximum Gasteiger partial charge on any atom is 0.430 e. The Morgan fingerprint density at radius 2 is 1.76 bits per heavy atom. The lowest BCUT2D eigenvalue weighted by Gasteiger charge is -2.41. The van der Waals surface area contributed by atoms with Gasteiger partial charge in [0.15, 0.2) is 0 Å². The van der Waals surface area contributed by atoms with Crippen LogP contribution in [0.2, 0.25) is 0 Å². The van der Waals surface area contributed by atoms with Gasteiger partial charge >= 0.3 is 28.3 Å². The van der Waals surface area contributed by atoms with Gasteiger partial charge < -0.3 is 19.0 Å². The Morgan fingerprint density at radius 3 is 2.32 bits per heavy atom. The Bertz CT molecular complexity index is 1030. The first-order valence-electron chi connectivity index (χ1n) is 8.71. The van der Waals surface area contributed by atoms with Gasteiger partial charge in [0.2, 0.25) is 12.9 Å². The highest BCUT2D eigenvalue weighted by molar-refractivity contribution is 8.45. The summed E-state index contributed by atoms with van der Waals surface area (Å²) in [4.78, 5) is 34.9. The van der Waals surface area contributed by atoms with Gasteiger partial charge in [0, 0.05) is 12.0 Å². The molecule has 9 nitrogen and oxygen atoms in total. The van der Waals surface area contributed by atoms with Gasteiger partial charge in [0.25, 0.3) is 5.09 Å². The van der Waals surface area contributed by atoms with Crippen LogP contribution >= 0.6 is 10.2 Å². The molecule has 0 amide bonds. The number of carbonyl (C=O) groups is 2. The van der Waals surface area contributed by atoms with E-state index in [9.17, 15) is 52.3 Å². The van der Waals surface area contributed by atoms with Crippen molar-refractivity contribution in [3.63, 3.8) is 0 Å². The molecular weight excluding hydrogens is 518 g/mol. The van der Waals surface area contributed by atoms with Crippen LogP contribution < -0.4 is 4.74 Å². The van der Waals surface area contributed by atoms with Crippen LogP contribution in [0.3, 0.4) is 0 Å². The maximum atomic E-state index is 13.3. The summed E-state index contributed by atoms with van der Waals surface area (Å²) < 4.78 is 118. The zero-order valence-corrected chi connectivity index (χ0v) is 17.2. The monoisotopic (exact) mass is 531 g/mol. The van der Waals surface area contributed by atoms with Crippen molar-refractivity contribution in [3.05, 3.63) is 39.4 Å². The quantitative estimate of drug-likeness (QED) is 0.108. The number of halogens is 8. The average Bonchev–Trinajstić information content (AvgIpc) is 2.67. The van der Waals surface area contributed by atoms with E-state index >= 15 is 0 Å². The number of rotatable bonds is 9. The van der Waals surface area contributed by atoms with Crippen LogP contribution in [0.4, 0.5) is 32.6 Å². The molecule has 1 aromatic rings. The summed E-state index contributed by atoms with van der Waals surface area (Å²) in [5.41, 5.74) is -2.30. The van der Waals surface area contributed by atoms with E-state index in [1.165, 1.54) is 0 Å². The van der Waals surface area contributed by atoms with Gasteiger partial charge in [-0.2, -0.15) is 13.2 Å². The third kappa shape index (κ3) is 7.35. The molecule has 1 atom stereocenters. The second kappa shape index (κ2) is 8.48. The largest absolute Gasteiger partial charge is 0.475 e. The Labute approximate surface area is 184 Å². The predicted molar refractivity (Wildman–Crippen MR) is 95.5 cm³/mol. The van der Waals surface area contributed by atoms with Crippen LogP contribution in [-0.4, -0.2) is 42.7 Å². The average molecular weight is 531 g/mol. The molecule has 0 aromatic heterocycles. The van der Waals surface area contributed by atoms with E-state index in [2.05, 4.69) is 19.0 Å². The van der Waals surface area contributed by atoms with Crippen LogP contribution in [0.25, 0.3) is 6.08 Å². The number of ether oxygens (including phenoxy) is 3. The molecule has 0 aliphatic carbocycles. The van der Waals surface area contributed by atoms with Crippen molar-refractivity contribution in [2.45, 2.75) is 30.0 Å². The Morgan fingerprint density at radius 1 is 1.12 bits per heavy atom. The fourth-order valence-electron chi connectivity index (χ4n) is 2.49. The molecule has 0 saturated heterocycles. The van der Waals surface area contributed by atoms with Crippen molar-refractivity contribution in [3.8, 4) is 5.75 Å². The molecule has 34 heavy (non-hydrogen) atoms. The second-order valence-corrected chi connectivity index (χ2v) is 8.94. The summed E-state index contributed by atoms with van der Waals surface area (Å²) in [5.74, 6) is -3.75. The van der Waals surface area contributed by atoms with Gasteiger partial charge in [-0.05, 0) is 30.7 Å². The molecule has 1 aliphatic heterocycles. The number of nitrogens with zero attached hydrogens (tertiary/aromatic N) is 1. The maximum absolute atomic E-state index is 13.3. The lowest BCUT2D eigenvalue weighted by molar-refractivity contribution is -0.757. The van der Waals surface area contributed by atoms with E-state index in [-0.39, 0.29) is 30.7 Å². The number of fused-ring (bicyclic) bond motifs is 1. The standard InChI is InChI=1S/C16H13F8NO8S/c17-16(18,19)14-11(15(27)31-8-30-13(26)2-1-5-32-25(28)29)7-9-6-10(3-4-12(9)33-14)34(20,21,22,23)24/h3-4,6-7,14H,1-2,5,8H2/t14-/m0/s1. The first-order chi connectivity index (χ1) is 15.3. The zero-order chi connectivity index (χ0) is 26.0. The van der Waals surface area contributed by atoms with E-state index < -0.39 is 81.1 Å². The van der Waals surface area contributed by atoms with Gasteiger partial charge in [-0.3, -0.25) is 4.79 Å². The lowest BCUT2D eigenvalue weighted by atomic mass is 10.0. The van der Waals surface area contributed by atoms with E-state index in [1.807, 2.05) is 0 Å². The number of alkyl halides is 3. The van der Waals surface area contributed by atoms with Crippen molar-refractivity contribution in [1.29, 1.82) is 0 Å². The van der Waals surface area contributed by atoms with Crippen molar-refractivity contribution in [2.24, 2.45) is 0 Å². The van der Waals surface area contributed by atoms with Crippen LogP contribution in [0.1, 0.15) is 18.4 Å². The summed E-state index contributed by atoms with van der Waals surface area (Å²) in [6, 6.07) is -0.0741. The van der Waals surface area contributed by atoms with Gasteiger partial charge in [-0.1, -0.05) is 19.4 Å². The third-order valence-corrected chi connectivity index (χ3v) is 5.07. The van der Waals surface area contributed by atoms with Crippen molar-refractivity contribution < 1.29 is 66.3 Å². The van der Waals surface area contributed by atoms with E-state index in [1.54, 1.807) is 0 Å². The zero-order valence-electron chi connectivity index (χ0n) is 16.4. The Balaban J connectivity index is 2.17. The minimum Gasteiger partial charge on any atom is -0.475 e. The van der Waals surface area contributed by atoms with Gasteiger partial charge in [0.05, 0.1) is 12.2 Å². The molecule has 0 unspecified atom stereocenters. The highest BCUT2D eigenvalue weighted by atomic mass is 32.5. The molecule has 0 saturated carbocycles. The molecule has 1 aliphatic rings. The normalized spacial score (nSPS) is 17.8. The minimum absolute atomic E-state index is 0.152. The molecule has 1 aromatic carbocycles. The molecule has 0 radical (unpaired) electrons. The fraction of sp³-hybridized carbons (Fsp3) is 0.375. The molecule has 1 heterocycles.